The molecule has 2 aliphatic rings. The number of hydrogen-bond donors (Lipinski definition) is 1. The Bertz CT molecular complexity index is 1740. The van der Waals surface area contributed by atoms with Crippen LogP contribution in [0.15, 0.2) is 59.4 Å². The topological polar surface area (TPSA) is 98.3 Å². The van der Waals surface area contributed by atoms with Crippen LogP contribution in [0.4, 0.5) is 0 Å². The van der Waals surface area contributed by atoms with Gasteiger partial charge in [-0.05, 0) is 61.2 Å². The number of benzene rings is 3. The van der Waals surface area contributed by atoms with E-state index in [1.165, 1.54) is 21.3 Å². The lowest BCUT2D eigenvalue weighted by molar-refractivity contribution is -0.0131. The van der Waals surface area contributed by atoms with E-state index in [4.69, 9.17) is 42.1 Å². The molecule has 2 saturated heterocycles. The van der Waals surface area contributed by atoms with Crippen molar-refractivity contribution in [2.75, 3.05) is 54.2 Å². The van der Waals surface area contributed by atoms with Crippen LogP contribution in [0.5, 0.6) is 17.2 Å². The van der Waals surface area contributed by atoms with E-state index in [0.29, 0.717) is 45.8 Å². The molecule has 3 aromatic carbocycles. The summed E-state index contributed by atoms with van der Waals surface area (Å²) >= 11 is 12.7. The second-order valence-electron chi connectivity index (χ2n) is 11.5. The largest absolute Gasteiger partial charge is 0.493 e. The molecule has 0 unspecified atom stereocenters. The van der Waals surface area contributed by atoms with E-state index in [9.17, 15) is 9.59 Å². The minimum absolute atomic E-state index is 0.0653. The van der Waals surface area contributed by atoms with Crippen molar-refractivity contribution in [1.29, 1.82) is 0 Å². The van der Waals surface area contributed by atoms with E-state index in [-0.39, 0.29) is 24.4 Å². The van der Waals surface area contributed by atoms with Gasteiger partial charge in [-0.2, -0.15) is 0 Å². The fraction of sp³-hybridized carbons (Fsp3) is 0.394. The molecule has 3 heterocycles. The predicted octanol–water partition coefficient (Wildman–Crippen LogP) is 5.71. The van der Waals surface area contributed by atoms with E-state index in [0.717, 1.165) is 49.1 Å². The molecule has 12 heteroatoms. The number of ether oxygens (including phenoxy) is 4. The van der Waals surface area contributed by atoms with Crippen LogP contribution in [-0.2, 0) is 10.3 Å². The summed E-state index contributed by atoms with van der Waals surface area (Å²) in [5, 5.41) is 0.880. The molecule has 1 aromatic heterocycles. The first-order valence-electron chi connectivity index (χ1n) is 14.9. The first-order valence-corrected chi connectivity index (χ1v) is 15.6. The molecule has 1 N–H and O–H groups in total. The third-order valence-electron chi connectivity index (χ3n) is 8.97. The van der Waals surface area contributed by atoms with E-state index >= 15 is 0 Å². The Balaban J connectivity index is 1.20. The van der Waals surface area contributed by atoms with Crippen molar-refractivity contribution >= 4 is 40.1 Å². The van der Waals surface area contributed by atoms with Gasteiger partial charge in [-0.25, -0.2) is 4.79 Å². The predicted molar refractivity (Wildman–Crippen MR) is 173 cm³/mol. The number of halogens is 2. The molecule has 6 rings (SSSR count). The van der Waals surface area contributed by atoms with Crippen LogP contribution < -0.4 is 19.9 Å². The third kappa shape index (κ3) is 6.00. The van der Waals surface area contributed by atoms with E-state index in [1.807, 2.05) is 41.0 Å². The molecule has 0 radical (unpaired) electrons. The van der Waals surface area contributed by atoms with E-state index < -0.39 is 5.60 Å². The number of carbonyl (C=O) groups excluding carboxylic acids is 1. The van der Waals surface area contributed by atoms with Gasteiger partial charge in [-0.3, -0.25) is 9.36 Å². The van der Waals surface area contributed by atoms with Gasteiger partial charge in [-0.15, -0.1) is 0 Å². The quantitative estimate of drug-likeness (QED) is 0.247. The van der Waals surface area contributed by atoms with Crippen LogP contribution in [0, 0.1) is 0 Å². The van der Waals surface area contributed by atoms with Gasteiger partial charge in [-0.1, -0.05) is 41.4 Å². The second kappa shape index (κ2) is 13.0. The van der Waals surface area contributed by atoms with Gasteiger partial charge in [0, 0.05) is 31.2 Å². The van der Waals surface area contributed by atoms with Crippen LogP contribution >= 0.6 is 23.2 Å². The summed E-state index contributed by atoms with van der Waals surface area (Å²) in [4.78, 5) is 33.6. The Morgan fingerprint density at radius 2 is 1.69 bits per heavy atom. The summed E-state index contributed by atoms with van der Waals surface area (Å²) in [7, 11) is 4.55. The fourth-order valence-corrected chi connectivity index (χ4v) is 6.84. The van der Waals surface area contributed by atoms with Crippen molar-refractivity contribution in [3.05, 3.63) is 86.3 Å². The van der Waals surface area contributed by atoms with Crippen molar-refractivity contribution in [3.8, 4) is 17.2 Å². The average molecular weight is 656 g/mol. The van der Waals surface area contributed by atoms with E-state index in [1.54, 1.807) is 23.1 Å². The highest BCUT2D eigenvalue weighted by Gasteiger charge is 2.43. The number of hydrogen-bond acceptors (Lipinski definition) is 7. The maximum atomic E-state index is 13.8. The number of nitrogens with zero attached hydrogens (tertiary/aromatic N) is 3. The van der Waals surface area contributed by atoms with Gasteiger partial charge in [0.15, 0.2) is 11.5 Å². The molecule has 1 amide bonds. The summed E-state index contributed by atoms with van der Waals surface area (Å²) in [5.74, 6) is 0.989. The summed E-state index contributed by atoms with van der Waals surface area (Å²) in [6.45, 7) is 2.83. The van der Waals surface area contributed by atoms with Crippen LogP contribution in [0.25, 0.3) is 11.0 Å². The van der Waals surface area contributed by atoms with Gasteiger partial charge < -0.3 is 33.7 Å². The molecule has 2 fully saturated rings. The summed E-state index contributed by atoms with van der Waals surface area (Å²) in [6, 6.07) is 16.7. The molecule has 4 aromatic rings. The Morgan fingerprint density at radius 3 is 2.36 bits per heavy atom. The lowest BCUT2D eigenvalue weighted by Crippen LogP contribution is -2.41. The normalized spacial score (nSPS) is 19.3. The molecule has 0 saturated carbocycles. The molecule has 0 spiro atoms. The van der Waals surface area contributed by atoms with Crippen molar-refractivity contribution in [3.63, 3.8) is 0 Å². The van der Waals surface area contributed by atoms with Crippen molar-refractivity contribution < 1.29 is 23.7 Å². The van der Waals surface area contributed by atoms with Crippen molar-refractivity contribution in [1.82, 2.24) is 19.4 Å². The average Bonchev–Trinajstić information content (AvgIpc) is 3.65. The summed E-state index contributed by atoms with van der Waals surface area (Å²) in [6.07, 6.45) is 2.34. The fourth-order valence-electron chi connectivity index (χ4n) is 6.54. The number of para-hydroxylation sites is 2. The molecule has 10 nitrogen and oxygen atoms in total. The van der Waals surface area contributed by atoms with Crippen LogP contribution in [0.3, 0.4) is 0 Å². The zero-order valence-corrected chi connectivity index (χ0v) is 27.0. The van der Waals surface area contributed by atoms with Gasteiger partial charge in [0.1, 0.15) is 12.3 Å². The first kappa shape index (κ1) is 31.3. The molecular formula is C33H36Cl2N4O6. The number of likely N-dealkylation sites (tertiary alicyclic amines) is 1. The Hall–Kier alpha value is -3.70. The second-order valence-corrected chi connectivity index (χ2v) is 12.3. The maximum absolute atomic E-state index is 13.8. The summed E-state index contributed by atoms with van der Waals surface area (Å²) < 4.78 is 24.8. The highest BCUT2D eigenvalue weighted by Crippen LogP contribution is 2.41. The number of H-pyrrole nitrogens is 1. The van der Waals surface area contributed by atoms with Gasteiger partial charge in [0.2, 0.25) is 5.75 Å². The minimum atomic E-state index is -0.796. The van der Waals surface area contributed by atoms with Crippen LogP contribution in [0.1, 0.15) is 41.2 Å². The molecular weight excluding hydrogens is 619 g/mol. The summed E-state index contributed by atoms with van der Waals surface area (Å²) in [5.41, 5.74) is 2.19. The third-order valence-corrected chi connectivity index (χ3v) is 9.70. The molecule has 1 atom stereocenters. The number of nitrogens with one attached hydrogen (secondary N) is 1. The van der Waals surface area contributed by atoms with Crippen molar-refractivity contribution in [2.45, 2.75) is 30.9 Å². The van der Waals surface area contributed by atoms with Crippen LogP contribution in [-0.4, -0.2) is 79.5 Å². The van der Waals surface area contributed by atoms with Gasteiger partial charge >= 0.3 is 5.69 Å². The van der Waals surface area contributed by atoms with Crippen molar-refractivity contribution in [2.24, 2.45) is 0 Å². The molecule has 0 aliphatic carbocycles. The van der Waals surface area contributed by atoms with Crippen LogP contribution in [0.2, 0.25) is 10.0 Å². The number of rotatable bonds is 9. The lowest BCUT2D eigenvalue weighted by Gasteiger charge is -2.36. The highest BCUT2D eigenvalue weighted by atomic mass is 35.5. The molecule has 0 bridgehead atoms. The monoisotopic (exact) mass is 654 g/mol. The number of methoxy groups -OCH3 is 3. The SMILES string of the molecule is COc1cc(C(=O)N2CO[C@](CCN3CCC(n4c(=O)[nH]c5ccccc54)CC3)(c3ccc(Cl)c(Cl)c3)C2)cc(OC)c1OC. The number of carbonyl (C=O) groups is 1. The molecule has 2 aliphatic heterocycles. The number of aromatic amines is 1. The number of piperidine rings is 1. The lowest BCUT2D eigenvalue weighted by atomic mass is 9.89. The smallest absolute Gasteiger partial charge is 0.326 e. The standard InChI is InChI=1S/C33H36Cl2N4O6/c1-42-28-16-21(17-29(43-2)30(28)44-3)31(40)38-19-33(45-20-38,22-8-9-24(34)25(35)18-22)12-15-37-13-10-23(11-14-37)39-27-7-5-4-6-26(27)36-32(39)41/h4-9,16-18,23H,10-15,19-20H2,1-3H3,(H,36,41)/t33-/m0/s1. The number of aromatic nitrogens is 2. The molecule has 45 heavy (non-hydrogen) atoms. The first-order chi connectivity index (χ1) is 21.8. The zero-order chi connectivity index (χ0) is 31.7. The Labute approximate surface area is 271 Å². The number of fused-ring (bicyclic) bond motifs is 1. The molecule has 238 valence electrons. The maximum Gasteiger partial charge on any atom is 0.326 e. The van der Waals surface area contributed by atoms with Gasteiger partial charge in [0.25, 0.3) is 5.91 Å². The zero-order valence-electron chi connectivity index (χ0n) is 25.5. The number of imidazole rings is 1. The number of amides is 1. The Morgan fingerprint density at radius 1 is 0.978 bits per heavy atom. The highest BCUT2D eigenvalue weighted by molar-refractivity contribution is 6.42. The Kier molecular flexibility index (Phi) is 9.01. The minimum Gasteiger partial charge on any atom is -0.493 e. The van der Waals surface area contributed by atoms with Gasteiger partial charge in [0.05, 0.1) is 49.0 Å². The van der Waals surface area contributed by atoms with E-state index in [2.05, 4.69) is 9.88 Å².